The van der Waals surface area contributed by atoms with E-state index in [1.165, 1.54) is 6.07 Å². The van der Waals surface area contributed by atoms with Crippen LogP contribution in [0.1, 0.15) is 5.56 Å². The molecule has 0 aromatic heterocycles. The van der Waals surface area contributed by atoms with Gasteiger partial charge in [0.1, 0.15) is 11.6 Å². The number of amides is 2. The van der Waals surface area contributed by atoms with Crippen LogP contribution in [0.15, 0.2) is 48.5 Å². The highest BCUT2D eigenvalue weighted by molar-refractivity contribution is 5.74. The summed E-state index contributed by atoms with van der Waals surface area (Å²) in [5.41, 5.74) is 1.58. The van der Waals surface area contributed by atoms with Crippen LogP contribution in [0.4, 0.5) is 14.9 Å². The van der Waals surface area contributed by atoms with Gasteiger partial charge in [-0.2, -0.15) is 0 Å². The van der Waals surface area contributed by atoms with Crippen molar-refractivity contribution in [2.45, 2.75) is 6.54 Å². The molecule has 2 aromatic rings. The van der Waals surface area contributed by atoms with Crippen LogP contribution in [0.25, 0.3) is 0 Å². The van der Waals surface area contributed by atoms with Crippen molar-refractivity contribution >= 4 is 11.7 Å². The second kappa shape index (κ2) is 7.88. The summed E-state index contributed by atoms with van der Waals surface area (Å²) in [6.07, 6.45) is 0. The van der Waals surface area contributed by atoms with Gasteiger partial charge in [0.25, 0.3) is 0 Å². The van der Waals surface area contributed by atoms with E-state index in [0.29, 0.717) is 18.7 Å². The minimum absolute atomic E-state index is 0.159. The van der Waals surface area contributed by atoms with E-state index in [4.69, 9.17) is 4.74 Å². The molecule has 2 amide bonds. The third-order valence-electron chi connectivity index (χ3n) is 4.37. The Labute approximate surface area is 147 Å². The Hall–Kier alpha value is -2.76. The molecular formula is C19H22FN3O2. The number of urea groups is 1. The summed E-state index contributed by atoms with van der Waals surface area (Å²) >= 11 is 0. The second-order valence-electron chi connectivity index (χ2n) is 5.93. The molecule has 2 aromatic carbocycles. The topological polar surface area (TPSA) is 44.8 Å². The Kier molecular flexibility index (Phi) is 5.38. The summed E-state index contributed by atoms with van der Waals surface area (Å²) in [5.74, 6) is 0.521. The SMILES string of the molecule is COc1cccc(N2CCN(C(=O)NCc3ccccc3F)CC2)c1. The first kappa shape index (κ1) is 17.1. The van der Waals surface area contributed by atoms with Crippen molar-refractivity contribution in [3.05, 3.63) is 59.9 Å². The molecule has 1 fully saturated rings. The first-order valence-corrected chi connectivity index (χ1v) is 8.32. The standard InChI is InChI=1S/C19H22FN3O2/c1-25-17-7-4-6-16(13-17)22-9-11-23(12-10-22)19(24)21-14-15-5-2-3-8-18(15)20/h2-8,13H,9-12,14H2,1H3,(H,21,24). The highest BCUT2D eigenvalue weighted by Crippen LogP contribution is 2.22. The van der Waals surface area contributed by atoms with Crippen molar-refractivity contribution in [3.63, 3.8) is 0 Å². The third-order valence-corrected chi connectivity index (χ3v) is 4.37. The van der Waals surface area contributed by atoms with Gasteiger partial charge in [-0.25, -0.2) is 9.18 Å². The number of carbonyl (C=O) groups excluding carboxylic acids is 1. The number of piperazine rings is 1. The Morgan fingerprint density at radius 3 is 2.60 bits per heavy atom. The lowest BCUT2D eigenvalue weighted by molar-refractivity contribution is 0.194. The van der Waals surface area contributed by atoms with E-state index in [2.05, 4.69) is 10.2 Å². The van der Waals surface area contributed by atoms with Crippen LogP contribution in [-0.2, 0) is 6.54 Å². The first-order chi connectivity index (χ1) is 12.2. The van der Waals surface area contributed by atoms with E-state index in [1.807, 2.05) is 24.3 Å². The minimum atomic E-state index is -0.300. The van der Waals surface area contributed by atoms with Gasteiger partial charge in [-0.1, -0.05) is 24.3 Å². The average Bonchev–Trinajstić information content (AvgIpc) is 2.67. The zero-order valence-electron chi connectivity index (χ0n) is 14.2. The fraction of sp³-hybridized carbons (Fsp3) is 0.316. The van der Waals surface area contributed by atoms with E-state index in [1.54, 1.807) is 30.2 Å². The van der Waals surface area contributed by atoms with Crippen LogP contribution in [-0.4, -0.2) is 44.2 Å². The van der Waals surface area contributed by atoms with Gasteiger partial charge in [-0.3, -0.25) is 0 Å². The van der Waals surface area contributed by atoms with Crippen molar-refractivity contribution in [1.82, 2.24) is 10.2 Å². The highest BCUT2D eigenvalue weighted by atomic mass is 19.1. The number of hydrogen-bond donors (Lipinski definition) is 1. The molecule has 1 aliphatic heterocycles. The predicted octanol–water partition coefficient (Wildman–Crippen LogP) is 2.87. The van der Waals surface area contributed by atoms with Crippen molar-refractivity contribution in [3.8, 4) is 5.75 Å². The maximum absolute atomic E-state index is 13.6. The molecule has 1 saturated heterocycles. The lowest BCUT2D eigenvalue weighted by Gasteiger charge is -2.36. The maximum atomic E-state index is 13.6. The highest BCUT2D eigenvalue weighted by Gasteiger charge is 2.21. The van der Waals surface area contributed by atoms with Gasteiger partial charge in [-0.15, -0.1) is 0 Å². The van der Waals surface area contributed by atoms with Crippen molar-refractivity contribution < 1.29 is 13.9 Å². The molecule has 0 radical (unpaired) electrons. The molecule has 0 saturated carbocycles. The number of ether oxygens (including phenoxy) is 1. The zero-order valence-corrected chi connectivity index (χ0v) is 14.2. The van der Waals surface area contributed by atoms with E-state index in [-0.39, 0.29) is 18.4 Å². The van der Waals surface area contributed by atoms with Gasteiger partial charge in [-0.05, 0) is 18.2 Å². The van der Waals surface area contributed by atoms with E-state index < -0.39 is 0 Å². The summed E-state index contributed by atoms with van der Waals surface area (Å²) in [6, 6.07) is 14.2. The predicted molar refractivity (Wildman–Crippen MR) is 95.4 cm³/mol. The summed E-state index contributed by atoms with van der Waals surface area (Å²) in [7, 11) is 1.65. The molecule has 0 aliphatic carbocycles. The normalized spacial score (nSPS) is 14.3. The number of carbonyl (C=O) groups is 1. The smallest absolute Gasteiger partial charge is 0.317 e. The summed E-state index contributed by atoms with van der Waals surface area (Å²) < 4.78 is 18.9. The summed E-state index contributed by atoms with van der Waals surface area (Å²) in [4.78, 5) is 16.3. The summed E-state index contributed by atoms with van der Waals surface area (Å²) in [5, 5.41) is 2.79. The fourth-order valence-electron chi connectivity index (χ4n) is 2.90. The molecule has 3 rings (SSSR count). The number of benzene rings is 2. The third kappa shape index (κ3) is 4.21. The number of nitrogens with one attached hydrogen (secondary N) is 1. The maximum Gasteiger partial charge on any atom is 0.317 e. The first-order valence-electron chi connectivity index (χ1n) is 8.32. The molecule has 0 bridgehead atoms. The van der Waals surface area contributed by atoms with Gasteiger partial charge in [0.2, 0.25) is 0 Å². The van der Waals surface area contributed by atoms with E-state index >= 15 is 0 Å². The van der Waals surface area contributed by atoms with Gasteiger partial charge in [0.05, 0.1) is 7.11 Å². The van der Waals surface area contributed by atoms with E-state index in [9.17, 15) is 9.18 Å². The van der Waals surface area contributed by atoms with Gasteiger partial charge < -0.3 is 19.9 Å². The largest absolute Gasteiger partial charge is 0.497 e. The van der Waals surface area contributed by atoms with Crippen molar-refractivity contribution in [2.24, 2.45) is 0 Å². The monoisotopic (exact) mass is 343 g/mol. The fourth-order valence-corrected chi connectivity index (χ4v) is 2.90. The van der Waals surface area contributed by atoms with E-state index in [0.717, 1.165) is 24.5 Å². The molecule has 0 atom stereocenters. The molecule has 0 spiro atoms. The number of halogens is 1. The van der Waals surface area contributed by atoms with Crippen LogP contribution in [0.2, 0.25) is 0 Å². The quantitative estimate of drug-likeness (QED) is 0.928. The van der Waals surface area contributed by atoms with Crippen LogP contribution in [0.3, 0.4) is 0 Å². The zero-order chi connectivity index (χ0) is 17.6. The van der Waals surface area contributed by atoms with Crippen LogP contribution in [0.5, 0.6) is 5.75 Å². The average molecular weight is 343 g/mol. The Bertz CT molecular complexity index is 730. The molecule has 1 heterocycles. The molecule has 25 heavy (non-hydrogen) atoms. The molecule has 132 valence electrons. The Balaban J connectivity index is 1.51. The molecule has 6 heteroatoms. The summed E-state index contributed by atoms with van der Waals surface area (Å²) in [6.45, 7) is 2.95. The van der Waals surface area contributed by atoms with Gasteiger partial charge >= 0.3 is 6.03 Å². The molecule has 1 aliphatic rings. The van der Waals surface area contributed by atoms with Crippen molar-refractivity contribution in [2.75, 3.05) is 38.2 Å². The Morgan fingerprint density at radius 1 is 1.12 bits per heavy atom. The lowest BCUT2D eigenvalue weighted by atomic mass is 10.2. The second-order valence-corrected chi connectivity index (χ2v) is 5.93. The lowest BCUT2D eigenvalue weighted by Crippen LogP contribution is -2.51. The number of methoxy groups -OCH3 is 1. The van der Waals surface area contributed by atoms with Gasteiger partial charge in [0, 0.05) is 50.0 Å². The number of nitrogens with zero attached hydrogens (tertiary/aromatic N) is 2. The molecular weight excluding hydrogens is 321 g/mol. The van der Waals surface area contributed by atoms with Crippen LogP contribution >= 0.6 is 0 Å². The van der Waals surface area contributed by atoms with Crippen LogP contribution < -0.4 is 15.0 Å². The number of hydrogen-bond acceptors (Lipinski definition) is 3. The molecule has 0 unspecified atom stereocenters. The minimum Gasteiger partial charge on any atom is -0.497 e. The molecule has 1 N–H and O–H groups in total. The van der Waals surface area contributed by atoms with Gasteiger partial charge in [0.15, 0.2) is 0 Å². The van der Waals surface area contributed by atoms with Crippen LogP contribution in [0, 0.1) is 5.82 Å². The number of anilines is 1. The molecule has 5 nitrogen and oxygen atoms in total. The van der Waals surface area contributed by atoms with Crippen molar-refractivity contribution in [1.29, 1.82) is 0 Å². The Morgan fingerprint density at radius 2 is 1.88 bits per heavy atom. The number of rotatable bonds is 4.